The van der Waals surface area contributed by atoms with E-state index in [-0.39, 0.29) is 18.0 Å². The molecule has 140 valence electrons. The number of methoxy groups -OCH3 is 1. The molecule has 2 aromatic rings. The number of nitrogens with one attached hydrogen (secondary N) is 1. The lowest BCUT2D eigenvalue weighted by Crippen LogP contribution is -2.51. The van der Waals surface area contributed by atoms with E-state index in [1.165, 1.54) is 0 Å². The fraction of sp³-hybridized carbons (Fsp3) is 0.333. The molecule has 4 rings (SSSR count). The van der Waals surface area contributed by atoms with Crippen LogP contribution in [0.2, 0.25) is 0 Å². The van der Waals surface area contributed by atoms with E-state index in [1.807, 2.05) is 34.1 Å². The van der Waals surface area contributed by atoms with Crippen molar-refractivity contribution in [3.8, 4) is 5.75 Å². The average Bonchev–Trinajstić information content (AvgIpc) is 2.73. The molecule has 0 saturated carbocycles. The highest BCUT2D eigenvalue weighted by Gasteiger charge is 2.32. The lowest BCUT2D eigenvalue weighted by Gasteiger charge is -2.40. The largest absolute Gasteiger partial charge is 0.497 e. The molecule has 2 aromatic carbocycles. The Morgan fingerprint density at radius 1 is 1.07 bits per heavy atom. The second kappa shape index (κ2) is 7.31. The van der Waals surface area contributed by atoms with E-state index in [0.717, 1.165) is 29.8 Å². The number of anilines is 1. The Hall–Kier alpha value is -3.02. The minimum atomic E-state index is -0.0476. The average molecular weight is 365 g/mol. The third-order valence-electron chi connectivity index (χ3n) is 5.39. The maximum Gasteiger partial charge on any atom is 0.322 e. The number of rotatable bonds is 3. The molecule has 1 fully saturated rings. The first-order valence-corrected chi connectivity index (χ1v) is 9.24. The number of ether oxygens (including phenoxy) is 1. The molecule has 6 nitrogen and oxygen atoms in total. The summed E-state index contributed by atoms with van der Waals surface area (Å²) in [6.07, 6.45) is 1.58. The van der Waals surface area contributed by atoms with Gasteiger partial charge in [-0.05, 0) is 48.7 Å². The Morgan fingerprint density at radius 2 is 1.78 bits per heavy atom. The van der Waals surface area contributed by atoms with Gasteiger partial charge in [-0.25, -0.2) is 4.79 Å². The van der Waals surface area contributed by atoms with Gasteiger partial charge in [-0.1, -0.05) is 18.2 Å². The van der Waals surface area contributed by atoms with Gasteiger partial charge in [-0.2, -0.15) is 0 Å². The molecule has 0 unspecified atom stereocenters. The maximum atomic E-state index is 12.7. The van der Waals surface area contributed by atoms with E-state index in [4.69, 9.17) is 4.74 Å². The number of nitrogens with zero attached hydrogens (tertiary/aromatic N) is 2. The summed E-state index contributed by atoms with van der Waals surface area (Å²) >= 11 is 0. The zero-order valence-corrected chi connectivity index (χ0v) is 15.4. The van der Waals surface area contributed by atoms with Crippen molar-refractivity contribution in [3.05, 3.63) is 59.7 Å². The number of para-hydroxylation sites is 1. The van der Waals surface area contributed by atoms with Crippen LogP contribution in [0.3, 0.4) is 0 Å². The van der Waals surface area contributed by atoms with Crippen molar-refractivity contribution < 1.29 is 14.3 Å². The van der Waals surface area contributed by atoms with Gasteiger partial charge < -0.3 is 19.9 Å². The van der Waals surface area contributed by atoms with Crippen molar-refractivity contribution in [2.24, 2.45) is 0 Å². The first-order valence-electron chi connectivity index (χ1n) is 9.24. The van der Waals surface area contributed by atoms with Crippen LogP contribution in [0.15, 0.2) is 48.5 Å². The second-order valence-corrected chi connectivity index (χ2v) is 6.97. The zero-order chi connectivity index (χ0) is 18.8. The van der Waals surface area contributed by atoms with Crippen LogP contribution in [-0.2, 0) is 6.54 Å². The third-order valence-corrected chi connectivity index (χ3v) is 5.39. The van der Waals surface area contributed by atoms with E-state index in [1.54, 1.807) is 31.4 Å². The highest BCUT2D eigenvalue weighted by Crippen LogP contribution is 2.28. The zero-order valence-electron chi connectivity index (χ0n) is 15.4. The van der Waals surface area contributed by atoms with Gasteiger partial charge in [0.05, 0.1) is 7.11 Å². The normalized spacial score (nSPS) is 17.3. The molecular formula is C21H23N3O3. The monoisotopic (exact) mass is 365 g/mol. The standard InChI is InChI=1S/C21H23N3O3/c1-27-18-8-6-15(7-9-18)20(25)23-12-10-17(11-13-23)24-14-16-4-2-3-5-19(16)22-21(24)26/h2-9,17H,10-14H2,1H3,(H,22,26). The molecule has 0 aromatic heterocycles. The molecule has 3 amide bonds. The quantitative estimate of drug-likeness (QED) is 0.907. The van der Waals surface area contributed by atoms with Gasteiger partial charge in [0.1, 0.15) is 5.75 Å². The van der Waals surface area contributed by atoms with Crippen molar-refractivity contribution in [2.75, 3.05) is 25.5 Å². The van der Waals surface area contributed by atoms with Crippen molar-refractivity contribution >= 4 is 17.6 Å². The number of amides is 3. The van der Waals surface area contributed by atoms with Gasteiger partial charge in [0.25, 0.3) is 5.91 Å². The number of benzene rings is 2. The van der Waals surface area contributed by atoms with Crippen LogP contribution in [0.4, 0.5) is 10.5 Å². The molecule has 6 heteroatoms. The molecule has 0 aliphatic carbocycles. The number of urea groups is 1. The Morgan fingerprint density at radius 3 is 2.48 bits per heavy atom. The van der Waals surface area contributed by atoms with Crippen molar-refractivity contribution in [1.29, 1.82) is 0 Å². The van der Waals surface area contributed by atoms with Crippen molar-refractivity contribution in [2.45, 2.75) is 25.4 Å². The first kappa shape index (κ1) is 17.4. The summed E-state index contributed by atoms with van der Waals surface area (Å²) < 4.78 is 5.14. The minimum absolute atomic E-state index is 0.0320. The minimum Gasteiger partial charge on any atom is -0.497 e. The Bertz CT molecular complexity index is 842. The fourth-order valence-corrected chi connectivity index (χ4v) is 3.81. The molecule has 0 atom stereocenters. The summed E-state index contributed by atoms with van der Waals surface area (Å²) in [7, 11) is 1.61. The summed E-state index contributed by atoms with van der Waals surface area (Å²) in [6, 6.07) is 15.2. The van der Waals surface area contributed by atoms with Crippen LogP contribution in [-0.4, -0.2) is 48.0 Å². The van der Waals surface area contributed by atoms with Crippen molar-refractivity contribution in [1.82, 2.24) is 9.80 Å². The molecule has 1 N–H and O–H groups in total. The lowest BCUT2D eigenvalue weighted by atomic mass is 10.00. The van der Waals surface area contributed by atoms with E-state index in [2.05, 4.69) is 5.32 Å². The van der Waals surface area contributed by atoms with E-state index >= 15 is 0 Å². The maximum absolute atomic E-state index is 12.7. The SMILES string of the molecule is COc1ccc(C(=O)N2CCC(N3Cc4ccccc4NC3=O)CC2)cc1. The Labute approximate surface area is 158 Å². The summed E-state index contributed by atoms with van der Waals surface area (Å²) in [5.74, 6) is 0.770. The molecule has 0 bridgehead atoms. The number of fused-ring (bicyclic) bond motifs is 1. The van der Waals surface area contributed by atoms with E-state index < -0.39 is 0 Å². The smallest absolute Gasteiger partial charge is 0.322 e. The molecule has 27 heavy (non-hydrogen) atoms. The highest BCUT2D eigenvalue weighted by molar-refractivity contribution is 5.94. The van der Waals surface area contributed by atoms with Gasteiger partial charge in [0.2, 0.25) is 0 Å². The summed E-state index contributed by atoms with van der Waals surface area (Å²) in [4.78, 5) is 28.9. The van der Waals surface area contributed by atoms with Crippen LogP contribution in [0.25, 0.3) is 0 Å². The van der Waals surface area contributed by atoms with Crippen LogP contribution >= 0.6 is 0 Å². The highest BCUT2D eigenvalue weighted by atomic mass is 16.5. The number of likely N-dealkylation sites (tertiary alicyclic amines) is 1. The number of hydrogen-bond donors (Lipinski definition) is 1. The summed E-state index contributed by atoms with van der Waals surface area (Å²) in [6.45, 7) is 1.93. The molecule has 2 aliphatic rings. The van der Waals surface area contributed by atoms with E-state index in [9.17, 15) is 9.59 Å². The topological polar surface area (TPSA) is 61.9 Å². The lowest BCUT2D eigenvalue weighted by molar-refractivity contribution is 0.0651. The van der Waals surface area contributed by atoms with Gasteiger partial charge in [-0.3, -0.25) is 4.79 Å². The van der Waals surface area contributed by atoms with Crippen LogP contribution in [0.5, 0.6) is 5.75 Å². The van der Waals surface area contributed by atoms with Crippen molar-refractivity contribution in [3.63, 3.8) is 0 Å². The predicted octanol–water partition coefficient (Wildman–Crippen LogP) is 3.35. The molecule has 0 radical (unpaired) electrons. The number of piperidine rings is 1. The van der Waals surface area contributed by atoms with Crippen LogP contribution in [0.1, 0.15) is 28.8 Å². The molecule has 0 spiro atoms. The van der Waals surface area contributed by atoms with Crippen LogP contribution in [0, 0.1) is 0 Å². The number of hydrogen-bond acceptors (Lipinski definition) is 3. The van der Waals surface area contributed by atoms with Crippen LogP contribution < -0.4 is 10.1 Å². The van der Waals surface area contributed by atoms with Gasteiger partial charge in [0, 0.05) is 36.9 Å². The summed E-state index contributed by atoms with van der Waals surface area (Å²) in [5, 5.41) is 2.97. The number of carbonyl (C=O) groups excluding carboxylic acids is 2. The third kappa shape index (κ3) is 3.47. The molecule has 2 aliphatic heterocycles. The fourth-order valence-electron chi connectivity index (χ4n) is 3.81. The first-order chi connectivity index (χ1) is 13.2. The Kier molecular flexibility index (Phi) is 4.71. The van der Waals surface area contributed by atoms with Gasteiger partial charge >= 0.3 is 6.03 Å². The van der Waals surface area contributed by atoms with Gasteiger partial charge in [-0.15, -0.1) is 0 Å². The predicted molar refractivity (Wildman–Crippen MR) is 103 cm³/mol. The molecule has 2 heterocycles. The molecule has 1 saturated heterocycles. The second-order valence-electron chi connectivity index (χ2n) is 6.97. The number of carbonyl (C=O) groups is 2. The Balaban J connectivity index is 1.38. The summed E-state index contributed by atoms with van der Waals surface area (Å²) in [5.41, 5.74) is 2.69. The molecular weight excluding hydrogens is 342 g/mol. The van der Waals surface area contributed by atoms with Gasteiger partial charge in [0.15, 0.2) is 0 Å². The van der Waals surface area contributed by atoms with E-state index in [0.29, 0.717) is 25.2 Å².